The number of fused-ring (bicyclic) bond motifs is 1. The van der Waals surface area contributed by atoms with Gasteiger partial charge < -0.3 is 24.9 Å². The lowest BCUT2D eigenvalue weighted by molar-refractivity contribution is 0.217. The molecule has 0 aliphatic rings. The number of carbonyl (C=O) groups excluding carboxylic acids is 1. The second-order valence-electron chi connectivity index (χ2n) is 5.38. The molecule has 1 aromatic carbocycles. The van der Waals surface area contributed by atoms with E-state index in [1.165, 1.54) is 0 Å². The van der Waals surface area contributed by atoms with Crippen LogP contribution in [0.4, 0.5) is 4.79 Å². The molecule has 0 aliphatic carbocycles. The molecule has 2 aromatic rings. The fourth-order valence-corrected chi connectivity index (χ4v) is 2.33. The minimum atomic E-state index is -0.341. The second-order valence-corrected chi connectivity index (χ2v) is 5.38. The number of nitrogens with one attached hydrogen (secondary N) is 2. The number of rotatable bonds is 5. The Balaban J connectivity index is 2.19. The fourth-order valence-electron chi connectivity index (χ4n) is 2.33. The van der Waals surface area contributed by atoms with Crippen molar-refractivity contribution in [2.75, 3.05) is 13.7 Å². The topological polar surface area (TPSA) is 83.7 Å². The van der Waals surface area contributed by atoms with Crippen LogP contribution in [-0.2, 0) is 0 Å². The fraction of sp³-hybridized carbons (Fsp3) is 0.438. The van der Waals surface area contributed by atoms with Gasteiger partial charge in [-0.05, 0) is 39.0 Å². The second kappa shape index (κ2) is 6.70. The average Bonchev–Trinajstić information content (AvgIpc) is 2.83. The first-order valence-electron chi connectivity index (χ1n) is 7.21. The van der Waals surface area contributed by atoms with E-state index in [4.69, 9.17) is 14.3 Å². The van der Waals surface area contributed by atoms with Crippen molar-refractivity contribution in [1.29, 1.82) is 0 Å². The summed E-state index contributed by atoms with van der Waals surface area (Å²) in [6, 6.07) is 4.68. The number of ether oxygens (including phenoxy) is 1. The van der Waals surface area contributed by atoms with Gasteiger partial charge in [0.1, 0.15) is 17.1 Å². The Labute approximate surface area is 129 Å². The summed E-state index contributed by atoms with van der Waals surface area (Å²) in [5.74, 6) is 1.47. The van der Waals surface area contributed by atoms with E-state index in [1.807, 2.05) is 32.0 Å². The van der Waals surface area contributed by atoms with Crippen molar-refractivity contribution in [3.63, 3.8) is 0 Å². The monoisotopic (exact) mass is 306 g/mol. The van der Waals surface area contributed by atoms with Gasteiger partial charge in [-0.1, -0.05) is 0 Å². The van der Waals surface area contributed by atoms with Crippen molar-refractivity contribution in [1.82, 2.24) is 10.6 Å². The van der Waals surface area contributed by atoms with Crippen LogP contribution in [0.3, 0.4) is 0 Å². The Hall–Kier alpha value is -2.21. The molecule has 22 heavy (non-hydrogen) atoms. The molecular weight excluding hydrogens is 284 g/mol. The molecule has 2 amide bonds. The van der Waals surface area contributed by atoms with E-state index in [9.17, 15) is 4.79 Å². The summed E-state index contributed by atoms with van der Waals surface area (Å²) in [4.78, 5) is 11.8. The zero-order valence-electron chi connectivity index (χ0n) is 13.3. The maximum atomic E-state index is 11.8. The third kappa shape index (κ3) is 3.33. The maximum Gasteiger partial charge on any atom is 0.315 e. The van der Waals surface area contributed by atoms with E-state index < -0.39 is 0 Å². The van der Waals surface area contributed by atoms with Crippen molar-refractivity contribution >= 4 is 17.0 Å². The molecule has 2 atom stereocenters. The van der Waals surface area contributed by atoms with Gasteiger partial charge in [-0.2, -0.15) is 0 Å². The Morgan fingerprint density at radius 1 is 1.36 bits per heavy atom. The molecule has 1 aromatic heterocycles. The van der Waals surface area contributed by atoms with Crippen molar-refractivity contribution in [2.45, 2.75) is 32.9 Å². The van der Waals surface area contributed by atoms with E-state index in [0.717, 1.165) is 22.3 Å². The van der Waals surface area contributed by atoms with Crippen LogP contribution in [0.15, 0.2) is 22.6 Å². The van der Waals surface area contributed by atoms with Crippen molar-refractivity contribution in [3.05, 3.63) is 29.5 Å². The van der Waals surface area contributed by atoms with Crippen molar-refractivity contribution < 1.29 is 19.1 Å². The van der Waals surface area contributed by atoms with Crippen molar-refractivity contribution in [3.8, 4) is 5.75 Å². The quantitative estimate of drug-likeness (QED) is 0.792. The van der Waals surface area contributed by atoms with Crippen LogP contribution < -0.4 is 15.4 Å². The molecule has 2 unspecified atom stereocenters. The third-order valence-electron chi connectivity index (χ3n) is 3.57. The van der Waals surface area contributed by atoms with E-state index >= 15 is 0 Å². The number of amides is 2. The SMILES string of the molecule is COc1ccc2oc(C(C)NC(=O)NC(C)CO)c(C)c2c1. The molecule has 6 nitrogen and oxygen atoms in total. The first kappa shape index (κ1) is 16.2. The minimum Gasteiger partial charge on any atom is -0.497 e. The maximum absolute atomic E-state index is 11.8. The number of hydrogen-bond acceptors (Lipinski definition) is 4. The van der Waals surface area contributed by atoms with Crippen LogP contribution in [0.5, 0.6) is 5.75 Å². The molecule has 0 saturated carbocycles. The van der Waals surface area contributed by atoms with Gasteiger partial charge in [-0.3, -0.25) is 0 Å². The normalized spacial score (nSPS) is 13.7. The number of benzene rings is 1. The van der Waals surface area contributed by atoms with E-state index in [0.29, 0.717) is 5.76 Å². The number of furan rings is 1. The van der Waals surface area contributed by atoms with Gasteiger partial charge in [0, 0.05) is 10.9 Å². The predicted molar refractivity (Wildman–Crippen MR) is 84.1 cm³/mol. The Kier molecular flexibility index (Phi) is 4.92. The first-order valence-corrected chi connectivity index (χ1v) is 7.21. The molecule has 0 fully saturated rings. The smallest absolute Gasteiger partial charge is 0.315 e. The number of hydrogen-bond donors (Lipinski definition) is 3. The number of methoxy groups -OCH3 is 1. The van der Waals surface area contributed by atoms with E-state index in [-0.39, 0.29) is 24.7 Å². The zero-order chi connectivity index (χ0) is 16.3. The lowest BCUT2D eigenvalue weighted by Gasteiger charge is -2.16. The molecule has 0 bridgehead atoms. The zero-order valence-corrected chi connectivity index (χ0v) is 13.3. The van der Waals surface area contributed by atoms with E-state index in [2.05, 4.69) is 10.6 Å². The summed E-state index contributed by atoms with van der Waals surface area (Å²) < 4.78 is 11.1. The largest absolute Gasteiger partial charge is 0.497 e. The Bertz CT molecular complexity index is 665. The van der Waals surface area contributed by atoms with Gasteiger partial charge in [-0.15, -0.1) is 0 Å². The molecule has 3 N–H and O–H groups in total. The van der Waals surface area contributed by atoms with Crippen LogP contribution in [0, 0.1) is 6.92 Å². The van der Waals surface area contributed by atoms with Gasteiger partial charge in [-0.25, -0.2) is 4.79 Å². The summed E-state index contributed by atoms with van der Waals surface area (Å²) in [6.45, 7) is 5.42. The van der Waals surface area contributed by atoms with Gasteiger partial charge in [0.2, 0.25) is 0 Å². The van der Waals surface area contributed by atoms with Gasteiger partial charge in [0.05, 0.1) is 25.8 Å². The minimum absolute atomic E-state index is 0.106. The number of aryl methyl sites for hydroxylation is 1. The predicted octanol–water partition coefficient (Wildman–Crippen LogP) is 2.49. The van der Waals surface area contributed by atoms with Gasteiger partial charge in [0.15, 0.2) is 0 Å². The Morgan fingerprint density at radius 2 is 2.09 bits per heavy atom. The summed E-state index contributed by atoms with van der Waals surface area (Å²) in [5, 5.41) is 15.4. The average molecular weight is 306 g/mol. The molecule has 0 radical (unpaired) electrons. The number of aliphatic hydroxyl groups is 1. The van der Waals surface area contributed by atoms with Gasteiger partial charge >= 0.3 is 6.03 Å². The highest BCUT2D eigenvalue weighted by molar-refractivity contribution is 5.84. The number of carbonyl (C=O) groups is 1. The van der Waals surface area contributed by atoms with Crippen LogP contribution >= 0.6 is 0 Å². The summed E-state index contributed by atoms with van der Waals surface area (Å²) in [6.07, 6.45) is 0. The molecule has 120 valence electrons. The third-order valence-corrected chi connectivity index (χ3v) is 3.57. The molecule has 0 saturated heterocycles. The highest BCUT2D eigenvalue weighted by Crippen LogP contribution is 2.31. The highest BCUT2D eigenvalue weighted by Gasteiger charge is 2.19. The summed E-state index contributed by atoms with van der Waals surface area (Å²) in [7, 11) is 1.62. The van der Waals surface area contributed by atoms with Crippen LogP contribution in [0.25, 0.3) is 11.0 Å². The molecule has 2 rings (SSSR count). The van der Waals surface area contributed by atoms with Gasteiger partial charge in [0.25, 0.3) is 0 Å². The Morgan fingerprint density at radius 3 is 2.73 bits per heavy atom. The number of urea groups is 1. The lowest BCUT2D eigenvalue weighted by atomic mass is 10.1. The van der Waals surface area contributed by atoms with Crippen LogP contribution in [0.2, 0.25) is 0 Å². The summed E-state index contributed by atoms with van der Waals surface area (Å²) >= 11 is 0. The first-order chi connectivity index (χ1) is 10.5. The molecule has 0 spiro atoms. The van der Waals surface area contributed by atoms with E-state index in [1.54, 1.807) is 14.0 Å². The molecule has 1 heterocycles. The highest BCUT2D eigenvalue weighted by atomic mass is 16.5. The van der Waals surface area contributed by atoms with Crippen LogP contribution in [0.1, 0.15) is 31.2 Å². The van der Waals surface area contributed by atoms with Crippen LogP contribution in [-0.4, -0.2) is 30.9 Å². The lowest BCUT2D eigenvalue weighted by Crippen LogP contribution is -2.43. The number of aliphatic hydroxyl groups excluding tert-OH is 1. The molecule has 0 aliphatic heterocycles. The molecular formula is C16H22N2O4. The van der Waals surface area contributed by atoms with Crippen molar-refractivity contribution in [2.24, 2.45) is 0 Å². The molecule has 6 heteroatoms. The standard InChI is InChI=1S/C16H22N2O4/c1-9(8-19)17-16(20)18-11(3)15-10(2)13-7-12(21-4)5-6-14(13)22-15/h5-7,9,11,19H,8H2,1-4H3,(H2,17,18,20). The summed E-state index contributed by atoms with van der Waals surface area (Å²) in [5.41, 5.74) is 1.72.